The summed E-state index contributed by atoms with van der Waals surface area (Å²) < 4.78 is 136. The average molecular weight is 352 g/mol. The summed E-state index contributed by atoms with van der Waals surface area (Å²) in [6.45, 7) is 5.28. The van der Waals surface area contributed by atoms with Crippen LogP contribution in [0.1, 0.15) is 0 Å². The first-order chi connectivity index (χ1) is 8.95. The molecule has 0 bridgehead atoms. The second-order valence-corrected chi connectivity index (χ2v) is 4.96. The van der Waals surface area contributed by atoms with Crippen LogP contribution in [0.3, 0.4) is 0 Å². The highest BCUT2D eigenvalue weighted by atomic mass is 32.2. The number of alkyl halides is 9. The Morgan fingerprint density at radius 1 is 0.905 bits per heavy atom. The van der Waals surface area contributed by atoms with Gasteiger partial charge in [-0.1, -0.05) is 13.2 Å². The van der Waals surface area contributed by atoms with Gasteiger partial charge in [-0.15, -0.1) is 0 Å². The van der Waals surface area contributed by atoms with Crippen molar-refractivity contribution in [2.45, 2.75) is 23.3 Å². The van der Waals surface area contributed by atoms with E-state index in [0.717, 1.165) is 0 Å². The number of hydrogen-bond donors (Lipinski definition) is 0. The average Bonchev–Trinajstić information content (AvgIpc) is 2.25. The fraction of sp³-hybridized carbons (Fsp3) is 0.500. The van der Waals surface area contributed by atoms with Crippen molar-refractivity contribution in [1.29, 1.82) is 0 Å². The summed E-state index contributed by atoms with van der Waals surface area (Å²) in [7, 11) is -6.91. The second kappa shape index (κ2) is 5.10. The van der Waals surface area contributed by atoms with Crippen LogP contribution in [0.15, 0.2) is 25.0 Å². The predicted molar refractivity (Wildman–Crippen MR) is 50.2 cm³/mol. The molecule has 0 fully saturated rings. The zero-order valence-corrected chi connectivity index (χ0v) is 10.3. The molecule has 3 nitrogen and oxygen atoms in total. The molecular formula is C8H5F9O3S. The largest absolute Gasteiger partial charge is 0.460 e. The van der Waals surface area contributed by atoms with E-state index in [2.05, 4.69) is 17.3 Å². The molecule has 0 aromatic heterocycles. The Morgan fingerprint density at radius 3 is 1.57 bits per heavy atom. The lowest BCUT2D eigenvalue weighted by molar-refractivity contribution is -0.382. The first-order valence-electron chi connectivity index (χ1n) is 4.41. The Hall–Kier alpha value is -1.40. The Kier molecular flexibility index (Phi) is 4.76. The van der Waals surface area contributed by atoms with E-state index in [0.29, 0.717) is 6.08 Å². The smallest absolute Gasteiger partial charge is 0.379 e. The van der Waals surface area contributed by atoms with Crippen molar-refractivity contribution in [3.8, 4) is 0 Å². The fourth-order valence-corrected chi connectivity index (χ4v) is 1.64. The molecule has 0 unspecified atom stereocenters. The molecule has 13 heteroatoms. The lowest BCUT2D eigenvalue weighted by atomic mass is 10.1. The summed E-state index contributed by atoms with van der Waals surface area (Å²) in [6.07, 6.45) is -6.82. The van der Waals surface area contributed by atoms with Gasteiger partial charge in [0.1, 0.15) is 5.76 Å². The minimum absolute atomic E-state index is 0.313. The molecule has 124 valence electrons. The first-order valence-corrected chi connectivity index (χ1v) is 5.82. The zero-order valence-electron chi connectivity index (χ0n) is 9.53. The summed E-state index contributed by atoms with van der Waals surface area (Å²) in [5.74, 6) is -16.0. The molecule has 0 aliphatic heterocycles. The van der Waals surface area contributed by atoms with Gasteiger partial charge in [0, 0.05) is 0 Å². The van der Waals surface area contributed by atoms with Gasteiger partial charge in [0.25, 0.3) is 0 Å². The molecule has 0 aromatic carbocycles. The third-order valence-electron chi connectivity index (χ3n) is 1.87. The number of halogens is 9. The van der Waals surface area contributed by atoms with E-state index in [-0.39, 0.29) is 0 Å². The third kappa shape index (κ3) is 2.96. The number of allylic oxidation sites excluding steroid dienone is 1. The maximum atomic E-state index is 13.0. The highest BCUT2D eigenvalue weighted by molar-refractivity contribution is 7.88. The van der Waals surface area contributed by atoms with Gasteiger partial charge in [-0.05, 0) is 6.08 Å². The monoisotopic (exact) mass is 352 g/mol. The second-order valence-electron chi connectivity index (χ2n) is 3.37. The summed E-state index contributed by atoms with van der Waals surface area (Å²) >= 11 is 0. The Morgan fingerprint density at radius 2 is 1.29 bits per heavy atom. The van der Waals surface area contributed by atoms with Crippen LogP contribution in [0.25, 0.3) is 0 Å². The summed E-state index contributed by atoms with van der Waals surface area (Å²) in [5, 5.41) is -6.90. The van der Waals surface area contributed by atoms with Gasteiger partial charge in [0.05, 0.1) is 0 Å². The molecule has 0 rings (SSSR count). The highest BCUT2D eigenvalue weighted by Crippen LogP contribution is 2.55. The first kappa shape index (κ1) is 19.6. The van der Waals surface area contributed by atoms with Gasteiger partial charge >= 0.3 is 33.4 Å². The van der Waals surface area contributed by atoms with Crippen LogP contribution in [0.4, 0.5) is 39.5 Å². The van der Waals surface area contributed by atoms with Crippen LogP contribution in [-0.4, -0.2) is 31.7 Å². The number of rotatable bonds is 6. The van der Waals surface area contributed by atoms with E-state index >= 15 is 0 Å². The van der Waals surface area contributed by atoms with Gasteiger partial charge in [-0.3, -0.25) is 0 Å². The van der Waals surface area contributed by atoms with Crippen LogP contribution in [0.2, 0.25) is 0 Å². The molecule has 0 heterocycles. The molecule has 0 aliphatic rings. The van der Waals surface area contributed by atoms with Crippen LogP contribution >= 0.6 is 0 Å². The summed E-state index contributed by atoms with van der Waals surface area (Å²) in [5.41, 5.74) is 0. The molecule has 0 saturated heterocycles. The lowest BCUT2D eigenvalue weighted by Gasteiger charge is -2.32. The van der Waals surface area contributed by atoms with Crippen molar-refractivity contribution in [2.24, 2.45) is 0 Å². The van der Waals surface area contributed by atoms with E-state index < -0.39 is 39.2 Å². The lowest BCUT2D eigenvalue weighted by Crippen LogP contribution is -2.63. The molecule has 0 saturated carbocycles. The normalized spacial score (nSPS) is 14.7. The van der Waals surface area contributed by atoms with Crippen molar-refractivity contribution < 1.29 is 52.1 Å². The standard InChI is InChI=1S/C8H5F9O3S/c1-3-4(2)20-21(18,19)8(16,17)6(11,12)5(9,10)7(13,14)15/h3H,1-2H2. The molecule has 21 heavy (non-hydrogen) atoms. The van der Waals surface area contributed by atoms with Gasteiger partial charge in [-0.2, -0.15) is 47.9 Å². The molecule has 0 atom stereocenters. The van der Waals surface area contributed by atoms with Crippen molar-refractivity contribution in [2.75, 3.05) is 0 Å². The molecule has 0 N–H and O–H groups in total. The van der Waals surface area contributed by atoms with Crippen molar-refractivity contribution in [1.82, 2.24) is 0 Å². The summed E-state index contributed by atoms with van der Waals surface area (Å²) in [6, 6.07) is 0. The third-order valence-corrected chi connectivity index (χ3v) is 3.19. The Balaban J connectivity index is 6.01. The van der Waals surface area contributed by atoms with E-state index in [1.165, 1.54) is 0 Å². The Bertz CT molecular complexity index is 532. The van der Waals surface area contributed by atoms with Crippen molar-refractivity contribution in [3.63, 3.8) is 0 Å². The molecule has 0 radical (unpaired) electrons. The van der Waals surface area contributed by atoms with Crippen molar-refractivity contribution >= 4 is 10.1 Å². The van der Waals surface area contributed by atoms with Crippen LogP contribution < -0.4 is 0 Å². The van der Waals surface area contributed by atoms with E-state index in [9.17, 15) is 47.9 Å². The van der Waals surface area contributed by atoms with Gasteiger partial charge < -0.3 is 4.18 Å². The molecule has 0 aliphatic carbocycles. The minimum Gasteiger partial charge on any atom is -0.379 e. The van der Waals surface area contributed by atoms with E-state index in [1.807, 2.05) is 0 Å². The van der Waals surface area contributed by atoms with E-state index in [4.69, 9.17) is 0 Å². The zero-order chi connectivity index (χ0) is 17.5. The highest BCUT2D eigenvalue weighted by Gasteiger charge is 2.86. The van der Waals surface area contributed by atoms with Crippen LogP contribution in [0, 0.1) is 0 Å². The van der Waals surface area contributed by atoms with Crippen LogP contribution in [0.5, 0.6) is 0 Å². The van der Waals surface area contributed by atoms with Gasteiger partial charge in [0.2, 0.25) is 0 Å². The molecule has 0 amide bonds. The van der Waals surface area contributed by atoms with Gasteiger partial charge in [-0.25, -0.2) is 0 Å². The molecule has 0 spiro atoms. The fourth-order valence-electron chi connectivity index (χ4n) is 0.745. The molecule has 0 aromatic rings. The minimum atomic E-state index is -7.34. The van der Waals surface area contributed by atoms with Crippen molar-refractivity contribution in [3.05, 3.63) is 25.0 Å². The quantitative estimate of drug-likeness (QED) is 0.318. The maximum absolute atomic E-state index is 13.0. The van der Waals surface area contributed by atoms with Gasteiger partial charge in [0.15, 0.2) is 0 Å². The predicted octanol–water partition coefficient (Wildman–Crippen LogP) is 3.46. The van der Waals surface area contributed by atoms with Crippen LogP contribution in [-0.2, 0) is 14.3 Å². The maximum Gasteiger partial charge on any atom is 0.460 e. The Labute approximate surface area is 111 Å². The summed E-state index contributed by atoms with van der Waals surface area (Å²) in [4.78, 5) is 0. The number of hydrogen-bond acceptors (Lipinski definition) is 3. The van der Waals surface area contributed by atoms with E-state index in [1.54, 1.807) is 0 Å². The SMILES string of the molecule is C=CC(=C)OS(=O)(=O)C(F)(F)C(F)(F)C(F)(F)C(F)(F)F. The molecular weight excluding hydrogens is 347 g/mol. The topological polar surface area (TPSA) is 43.4 Å².